The first-order valence-electron chi connectivity index (χ1n) is 8.65. The van der Waals surface area contributed by atoms with Crippen molar-refractivity contribution in [2.24, 2.45) is 0 Å². The minimum absolute atomic E-state index is 0.273. The lowest BCUT2D eigenvalue weighted by Gasteiger charge is -2.30. The Kier molecular flexibility index (Phi) is 5.60. The fourth-order valence-corrected chi connectivity index (χ4v) is 3.70. The number of amides is 2. The number of hydrogen-bond acceptors (Lipinski definition) is 3. The van der Waals surface area contributed by atoms with Crippen LogP contribution in [0.5, 0.6) is 0 Å². The van der Waals surface area contributed by atoms with Crippen molar-refractivity contribution in [2.45, 2.75) is 25.8 Å². The SMILES string of the molecule is CCOC(=O)C1=C(C[NH+]2CCCC2)NC(=O)N[C@@H]1c1ccccc1Cl. The van der Waals surface area contributed by atoms with Gasteiger partial charge in [0.1, 0.15) is 6.54 Å². The molecule has 2 heterocycles. The molecule has 0 bridgehead atoms. The summed E-state index contributed by atoms with van der Waals surface area (Å²) >= 11 is 6.32. The first-order chi connectivity index (χ1) is 12.1. The highest BCUT2D eigenvalue weighted by atomic mass is 35.5. The van der Waals surface area contributed by atoms with E-state index in [2.05, 4.69) is 10.6 Å². The van der Waals surface area contributed by atoms with E-state index in [0.29, 0.717) is 28.4 Å². The highest BCUT2D eigenvalue weighted by Crippen LogP contribution is 2.31. The number of carbonyl (C=O) groups excluding carboxylic acids is 2. The first kappa shape index (κ1) is 17.8. The zero-order valence-electron chi connectivity index (χ0n) is 14.2. The number of urea groups is 1. The zero-order valence-corrected chi connectivity index (χ0v) is 15.0. The molecule has 1 saturated heterocycles. The van der Waals surface area contributed by atoms with Crippen molar-refractivity contribution in [1.82, 2.24) is 10.6 Å². The van der Waals surface area contributed by atoms with Gasteiger partial charge in [0.05, 0.1) is 37.0 Å². The van der Waals surface area contributed by atoms with E-state index in [4.69, 9.17) is 16.3 Å². The van der Waals surface area contributed by atoms with Crippen LogP contribution in [-0.4, -0.2) is 38.2 Å². The van der Waals surface area contributed by atoms with Gasteiger partial charge in [0.25, 0.3) is 0 Å². The summed E-state index contributed by atoms with van der Waals surface area (Å²) in [6, 6.07) is 6.28. The molecule has 0 unspecified atom stereocenters. The van der Waals surface area contributed by atoms with E-state index in [1.54, 1.807) is 13.0 Å². The van der Waals surface area contributed by atoms with Gasteiger partial charge in [0, 0.05) is 17.9 Å². The molecular weight excluding hydrogens is 342 g/mol. The van der Waals surface area contributed by atoms with E-state index in [1.807, 2.05) is 18.2 Å². The maximum Gasteiger partial charge on any atom is 0.338 e. The van der Waals surface area contributed by atoms with E-state index in [0.717, 1.165) is 25.9 Å². The molecule has 2 aliphatic rings. The van der Waals surface area contributed by atoms with E-state index in [1.165, 1.54) is 4.90 Å². The van der Waals surface area contributed by atoms with Crippen molar-refractivity contribution >= 4 is 23.6 Å². The Morgan fingerprint density at radius 2 is 2.04 bits per heavy atom. The number of ether oxygens (including phenoxy) is 1. The number of halogens is 1. The lowest BCUT2D eigenvalue weighted by atomic mass is 9.95. The zero-order chi connectivity index (χ0) is 17.8. The second-order valence-electron chi connectivity index (χ2n) is 6.30. The van der Waals surface area contributed by atoms with Crippen LogP contribution >= 0.6 is 11.6 Å². The minimum atomic E-state index is -0.612. The fourth-order valence-electron chi connectivity index (χ4n) is 3.45. The van der Waals surface area contributed by atoms with Crippen molar-refractivity contribution in [2.75, 3.05) is 26.2 Å². The quantitative estimate of drug-likeness (QED) is 0.687. The van der Waals surface area contributed by atoms with Crippen LogP contribution in [0.1, 0.15) is 31.4 Å². The molecule has 0 aliphatic carbocycles. The number of benzene rings is 1. The van der Waals surface area contributed by atoms with Crippen molar-refractivity contribution in [3.63, 3.8) is 0 Å². The third-order valence-corrected chi connectivity index (χ3v) is 4.95. The summed E-state index contributed by atoms with van der Waals surface area (Å²) in [5.74, 6) is -0.423. The molecular formula is C18H23ClN3O3+. The van der Waals surface area contributed by atoms with Crippen LogP contribution in [0.3, 0.4) is 0 Å². The van der Waals surface area contributed by atoms with Gasteiger partial charge in [-0.1, -0.05) is 29.8 Å². The number of quaternary nitrogens is 1. The molecule has 134 valence electrons. The largest absolute Gasteiger partial charge is 0.463 e. The summed E-state index contributed by atoms with van der Waals surface area (Å²) in [5, 5.41) is 6.14. The number of esters is 1. The van der Waals surface area contributed by atoms with Gasteiger partial charge in [-0.3, -0.25) is 0 Å². The molecule has 3 rings (SSSR count). The Bertz CT molecular complexity index is 699. The average Bonchev–Trinajstić information content (AvgIpc) is 3.08. The summed E-state index contributed by atoms with van der Waals surface area (Å²) in [6.45, 7) is 4.72. The minimum Gasteiger partial charge on any atom is -0.463 e. The van der Waals surface area contributed by atoms with Crippen LogP contribution in [0.25, 0.3) is 0 Å². The fraction of sp³-hybridized carbons (Fsp3) is 0.444. The van der Waals surface area contributed by atoms with E-state index in [-0.39, 0.29) is 12.6 Å². The molecule has 1 fully saturated rings. The van der Waals surface area contributed by atoms with Crippen molar-refractivity contribution in [3.8, 4) is 0 Å². The highest BCUT2D eigenvalue weighted by molar-refractivity contribution is 6.31. The summed E-state index contributed by atoms with van der Waals surface area (Å²) in [7, 11) is 0. The van der Waals surface area contributed by atoms with Gasteiger partial charge in [-0.2, -0.15) is 0 Å². The van der Waals surface area contributed by atoms with Crippen molar-refractivity contribution in [1.29, 1.82) is 0 Å². The molecule has 6 nitrogen and oxygen atoms in total. The highest BCUT2D eigenvalue weighted by Gasteiger charge is 2.36. The third kappa shape index (κ3) is 3.96. The van der Waals surface area contributed by atoms with Gasteiger partial charge in [-0.15, -0.1) is 0 Å². The molecule has 3 N–H and O–H groups in total. The summed E-state index contributed by atoms with van der Waals surface area (Å²) in [4.78, 5) is 26.2. The molecule has 25 heavy (non-hydrogen) atoms. The molecule has 0 radical (unpaired) electrons. The number of nitrogens with one attached hydrogen (secondary N) is 3. The topological polar surface area (TPSA) is 71.9 Å². The molecule has 7 heteroatoms. The van der Waals surface area contributed by atoms with E-state index < -0.39 is 12.0 Å². The van der Waals surface area contributed by atoms with Crippen LogP contribution in [0.15, 0.2) is 35.5 Å². The van der Waals surface area contributed by atoms with Crippen molar-refractivity contribution < 1.29 is 19.2 Å². The van der Waals surface area contributed by atoms with Gasteiger partial charge in [-0.25, -0.2) is 9.59 Å². The standard InChI is InChI=1S/C18H22ClN3O3/c1-2-25-17(23)15-14(11-22-9-5-6-10-22)20-18(24)21-16(15)12-7-3-4-8-13(12)19/h3-4,7-8,16H,2,5-6,9-11H2,1H3,(H2,20,21,24)/p+1/t16-/m1/s1. The van der Waals surface area contributed by atoms with Gasteiger partial charge < -0.3 is 20.3 Å². The Hall–Kier alpha value is -2.05. The maximum atomic E-state index is 12.7. The summed E-state index contributed by atoms with van der Waals surface area (Å²) < 4.78 is 5.26. The van der Waals surface area contributed by atoms with Crippen LogP contribution in [0.4, 0.5) is 4.79 Å². The second kappa shape index (κ2) is 7.89. The van der Waals surface area contributed by atoms with Crippen LogP contribution in [-0.2, 0) is 9.53 Å². The smallest absolute Gasteiger partial charge is 0.338 e. The Balaban J connectivity index is 2.02. The number of likely N-dealkylation sites (tertiary alicyclic amines) is 1. The number of hydrogen-bond donors (Lipinski definition) is 3. The van der Waals surface area contributed by atoms with Crippen LogP contribution < -0.4 is 15.5 Å². The predicted molar refractivity (Wildman–Crippen MR) is 94.3 cm³/mol. The summed E-state index contributed by atoms with van der Waals surface area (Å²) in [5.41, 5.74) is 1.76. The monoisotopic (exact) mass is 364 g/mol. The molecule has 1 aromatic carbocycles. The van der Waals surface area contributed by atoms with Crippen LogP contribution in [0, 0.1) is 0 Å². The number of rotatable bonds is 5. The molecule has 2 aliphatic heterocycles. The average molecular weight is 365 g/mol. The Morgan fingerprint density at radius 3 is 2.72 bits per heavy atom. The lowest BCUT2D eigenvalue weighted by Crippen LogP contribution is -3.10. The maximum absolute atomic E-state index is 12.7. The van der Waals surface area contributed by atoms with E-state index in [9.17, 15) is 9.59 Å². The Morgan fingerprint density at radius 1 is 1.32 bits per heavy atom. The molecule has 0 aromatic heterocycles. The van der Waals surface area contributed by atoms with Gasteiger partial charge in [-0.05, 0) is 18.6 Å². The molecule has 1 aromatic rings. The third-order valence-electron chi connectivity index (χ3n) is 4.60. The molecule has 2 amide bonds. The normalized spacial score (nSPS) is 21.0. The first-order valence-corrected chi connectivity index (χ1v) is 9.03. The lowest BCUT2D eigenvalue weighted by molar-refractivity contribution is -0.882. The Labute approximate surface area is 152 Å². The summed E-state index contributed by atoms with van der Waals surface area (Å²) in [6.07, 6.45) is 2.33. The predicted octanol–water partition coefficient (Wildman–Crippen LogP) is 1.19. The van der Waals surface area contributed by atoms with Crippen molar-refractivity contribution in [3.05, 3.63) is 46.1 Å². The van der Waals surface area contributed by atoms with Gasteiger partial charge in [0.2, 0.25) is 0 Å². The molecule has 0 spiro atoms. The molecule has 1 atom stereocenters. The molecule has 0 saturated carbocycles. The number of carbonyl (C=O) groups is 2. The van der Waals surface area contributed by atoms with E-state index >= 15 is 0 Å². The van der Waals surface area contributed by atoms with Gasteiger partial charge >= 0.3 is 12.0 Å². The van der Waals surface area contributed by atoms with Crippen LogP contribution in [0.2, 0.25) is 5.02 Å². The second-order valence-corrected chi connectivity index (χ2v) is 6.71. The van der Waals surface area contributed by atoms with Gasteiger partial charge in [0.15, 0.2) is 0 Å².